The van der Waals surface area contributed by atoms with Crippen LogP contribution in [-0.2, 0) is 17.1 Å². The van der Waals surface area contributed by atoms with Crippen LogP contribution in [0.4, 0.5) is 0 Å². The number of hydrogen-bond donors (Lipinski definition) is 2. The molecule has 0 bridgehead atoms. The molecule has 0 aliphatic heterocycles. The van der Waals surface area contributed by atoms with E-state index in [-0.39, 0.29) is 12.1 Å². The van der Waals surface area contributed by atoms with Gasteiger partial charge in [-0.25, -0.2) is 13.1 Å². The Hall–Kier alpha value is -0.850. The first-order valence-corrected chi connectivity index (χ1v) is 5.87. The molecular weight excluding hydrogens is 202 g/mol. The minimum Gasteiger partial charge on any atom is -0.356 e. The van der Waals surface area contributed by atoms with E-state index in [1.54, 1.807) is 30.1 Å². The van der Waals surface area contributed by atoms with Gasteiger partial charge in [-0.3, -0.25) is 0 Å². The van der Waals surface area contributed by atoms with Gasteiger partial charge >= 0.3 is 0 Å². The number of aryl methyl sites for hydroxylation is 1. The Morgan fingerprint density at radius 2 is 2.29 bits per heavy atom. The Labute approximate surface area is 83.0 Å². The van der Waals surface area contributed by atoms with Crippen molar-refractivity contribution in [2.24, 2.45) is 12.8 Å². The number of nitrogens with one attached hydrogen (secondary N) is 1. The molecule has 1 fully saturated rings. The molecule has 1 aromatic rings. The van der Waals surface area contributed by atoms with Gasteiger partial charge in [0.05, 0.1) is 4.90 Å². The fourth-order valence-electron chi connectivity index (χ4n) is 1.25. The first kappa shape index (κ1) is 9.70. The molecule has 5 nitrogen and oxygen atoms in total. The highest BCUT2D eigenvalue weighted by molar-refractivity contribution is 7.89. The average Bonchev–Trinajstić information content (AvgIpc) is 2.61. The van der Waals surface area contributed by atoms with Gasteiger partial charge in [-0.15, -0.1) is 0 Å². The topological polar surface area (TPSA) is 77.1 Å². The van der Waals surface area contributed by atoms with Gasteiger partial charge in [0, 0.05) is 31.5 Å². The zero-order valence-electron chi connectivity index (χ0n) is 7.84. The molecule has 2 rings (SSSR count). The van der Waals surface area contributed by atoms with Gasteiger partial charge in [0.15, 0.2) is 0 Å². The highest BCUT2D eigenvalue weighted by Gasteiger charge is 2.37. The SMILES string of the molecule is Cn1ccc(S(=O)(=O)NC2CC2N)c1. The lowest BCUT2D eigenvalue weighted by Gasteiger charge is -2.02. The van der Waals surface area contributed by atoms with Crippen molar-refractivity contribution >= 4 is 10.0 Å². The summed E-state index contributed by atoms with van der Waals surface area (Å²) in [5.41, 5.74) is 5.52. The van der Waals surface area contributed by atoms with Crippen molar-refractivity contribution < 1.29 is 8.42 Å². The molecule has 1 aromatic heterocycles. The van der Waals surface area contributed by atoms with Gasteiger partial charge in [0.25, 0.3) is 0 Å². The van der Waals surface area contributed by atoms with Gasteiger partial charge in [-0.1, -0.05) is 0 Å². The molecule has 14 heavy (non-hydrogen) atoms. The molecule has 0 saturated heterocycles. The van der Waals surface area contributed by atoms with Crippen LogP contribution in [0.25, 0.3) is 0 Å². The van der Waals surface area contributed by atoms with Gasteiger partial charge in [0.1, 0.15) is 0 Å². The molecule has 1 aliphatic rings. The quantitative estimate of drug-likeness (QED) is 0.707. The maximum absolute atomic E-state index is 11.7. The van der Waals surface area contributed by atoms with Gasteiger partial charge in [0.2, 0.25) is 10.0 Å². The molecule has 0 spiro atoms. The number of sulfonamides is 1. The number of nitrogens with zero attached hydrogens (tertiary/aromatic N) is 1. The highest BCUT2D eigenvalue weighted by Crippen LogP contribution is 2.21. The Balaban J connectivity index is 2.16. The van der Waals surface area contributed by atoms with E-state index in [0.717, 1.165) is 6.42 Å². The lowest BCUT2D eigenvalue weighted by Crippen LogP contribution is -2.29. The number of rotatable bonds is 3. The van der Waals surface area contributed by atoms with Crippen LogP contribution in [0.1, 0.15) is 6.42 Å². The van der Waals surface area contributed by atoms with Gasteiger partial charge in [-0.2, -0.15) is 0 Å². The smallest absolute Gasteiger partial charge is 0.242 e. The van der Waals surface area contributed by atoms with Gasteiger partial charge < -0.3 is 10.3 Å². The number of aromatic nitrogens is 1. The van der Waals surface area contributed by atoms with E-state index in [4.69, 9.17) is 5.73 Å². The van der Waals surface area contributed by atoms with Gasteiger partial charge in [-0.05, 0) is 12.5 Å². The summed E-state index contributed by atoms with van der Waals surface area (Å²) in [4.78, 5) is 0.291. The van der Waals surface area contributed by atoms with Crippen LogP contribution in [0, 0.1) is 0 Å². The van der Waals surface area contributed by atoms with Crippen molar-refractivity contribution in [1.29, 1.82) is 0 Å². The summed E-state index contributed by atoms with van der Waals surface area (Å²) < 4.78 is 27.6. The van der Waals surface area contributed by atoms with E-state index in [0.29, 0.717) is 4.90 Å². The zero-order valence-corrected chi connectivity index (χ0v) is 8.66. The third-order valence-electron chi connectivity index (χ3n) is 2.26. The lowest BCUT2D eigenvalue weighted by molar-refractivity contribution is 0.579. The van der Waals surface area contributed by atoms with Crippen molar-refractivity contribution in [3.05, 3.63) is 18.5 Å². The van der Waals surface area contributed by atoms with Crippen LogP contribution in [0.3, 0.4) is 0 Å². The molecule has 2 unspecified atom stereocenters. The van der Waals surface area contributed by atoms with Crippen LogP contribution in [0.2, 0.25) is 0 Å². The third-order valence-corrected chi connectivity index (χ3v) is 3.74. The van der Waals surface area contributed by atoms with E-state index in [1.165, 1.54) is 0 Å². The first-order chi connectivity index (χ1) is 6.49. The molecule has 0 radical (unpaired) electrons. The molecular formula is C8H13N3O2S. The summed E-state index contributed by atoms with van der Waals surface area (Å²) in [5, 5.41) is 0. The Morgan fingerprint density at radius 1 is 1.64 bits per heavy atom. The second-order valence-electron chi connectivity index (χ2n) is 3.64. The summed E-state index contributed by atoms with van der Waals surface area (Å²) in [7, 11) is -1.58. The number of nitrogens with two attached hydrogens (primary N) is 1. The normalized spacial score (nSPS) is 26.4. The minimum atomic E-state index is -3.36. The summed E-state index contributed by atoms with van der Waals surface area (Å²) >= 11 is 0. The molecule has 1 aliphatic carbocycles. The second kappa shape index (κ2) is 3.08. The minimum absolute atomic E-state index is 0.0199. The number of hydrogen-bond acceptors (Lipinski definition) is 3. The Kier molecular flexibility index (Phi) is 2.13. The summed E-state index contributed by atoms with van der Waals surface area (Å²) in [6.07, 6.45) is 3.99. The van der Waals surface area contributed by atoms with E-state index in [9.17, 15) is 8.42 Å². The average molecular weight is 215 g/mol. The van der Waals surface area contributed by atoms with Crippen molar-refractivity contribution in [2.75, 3.05) is 0 Å². The third kappa shape index (κ3) is 1.82. The molecule has 6 heteroatoms. The molecule has 78 valence electrons. The summed E-state index contributed by atoms with van der Waals surface area (Å²) in [5.74, 6) is 0. The maximum atomic E-state index is 11.7. The van der Waals surface area contributed by atoms with Crippen LogP contribution in [-0.4, -0.2) is 25.1 Å². The molecule has 0 amide bonds. The van der Waals surface area contributed by atoms with E-state index in [2.05, 4.69) is 4.72 Å². The fraction of sp³-hybridized carbons (Fsp3) is 0.500. The van der Waals surface area contributed by atoms with Crippen LogP contribution in [0.15, 0.2) is 23.4 Å². The van der Waals surface area contributed by atoms with Crippen LogP contribution < -0.4 is 10.5 Å². The molecule has 2 atom stereocenters. The van der Waals surface area contributed by atoms with E-state index >= 15 is 0 Å². The standard InChI is InChI=1S/C8H13N3O2S/c1-11-3-2-6(5-11)14(12,13)10-8-4-7(8)9/h2-3,5,7-8,10H,4,9H2,1H3. The van der Waals surface area contributed by atoms with Crippen LogP contribution in [0.5, 0.6) is 0 Å². The lowest BCUT2D eigenvalue weighted by atomic mass is 10.7. The van der Waals surface area contributed by atoms with E-state index < -0.39 is 10.0 Å². The second-order valence-corrected chi connectivity index (χ2v) is 5.35. The fourth-order valence-corrected chi connectivity index (χ4v) is 2.60. The first-order valence-electron chi connectivity index (χ1n) is 4.39. The highest BCUT2D eigenvalue weighted by atomic mass is 32.2. The van der Waals surface area contributed by atoms with E-state index in [1.807, 2.05) is 0 Å². The molecule has 3 N–H and O–H groups in total. The van der Waals surface area contributed by atoms with Crippen LogP contribution >= 0.6 is 0 Å². The Bertz CT molecular complexity index is 437. The largest absolute Gasteiger partial charge is 0.356 e. The summed E-state index contributed by atoms with van der Waals surface area (Å²) in [6.45, 7) is 0. The molecule has 0 aromatic carbocycles. The van der Waals surface area contributed by atoms with Crippen molar-refractivity contribution in [3.63, 3.8) is 0 Å². The zero-order chi connectivity index (χ0) is 10.3. The van der Waals surface area contributed by atoms with Crippen molar-refractivity contribution in [1.82, 2.24) is 9.29 Å². The molecule has 1 heterocycles. The summed E-state index contributed by atoms with van der Waals surface area (Å²) in [6, 6.07) is 1.46. The predicted octanol–water partition coefficient (Wildman–Crippen LogP) is -0.597. The maximum Gasteiger partial charge on any atom is 0.242 e. The predicted molar refractivity (Wildman–Crippen MR) is 52.1 cm³/mol. The monoisotopic (exact) mass is 215 g/mol. The Morgan fingerprint density at radius 3 is 2.71 bits per heavy atom. The molecule has 1 saturated carbocycles. The van der Waals surface area contributed by atoms with Crippen molar-refractivity contribution in [2.45, 2.75) is 23.4 Å². The van der Waals surface area contributed by atoms with Crippen molar-refractivity contribution in [3.8, 4) is 0 Å².